The topological polar surface area (TPSA) is 33.0 Å². The third-order valence-corrected chi connectivity index (χ3v) is 1.58. The highest BCUT2D eigenvalue weighted by molar-refractivity contribution is 5.88. The summed E-state index contributed by atoms with van der Waals surface area (Å²) in [6.07, 6.45) is 3.87. The van der Waals surface area contributed by atoms with Crippen LogP contribution in [0.5, 0.6) is 0 Å². The van der Waals surface area contributed by atoms with Gasteiger partial charge in [-0.25, -0.2) is 4.57 Å². The molecule has 1 heterocycles. The number of carbonyl (C=O) groups is 1. The number of amides is 1. The molecule has 0 atom stereocenters. The van der Waals surface area contributed by atoms with Crippen molar-refractivity contribution in [1.82, 2.24) is 0 Å². The third kappa shape index (κ3) is 2.34. The first kappa shape index (κ1) is 8.71. The van der Waals surface area contributed by atoms with Gasteiger partial charge in [-0.3, -0.25) is 4.79 Å². The lowest BCUT2D eigenvalue weighted by atomic mass is 10.4. The predicted octanol–water partition coefficient (Wildman–Crippen LogP) is 0.952. The van der Waals surface area contributed by atoms with E-state index in [-0.39, 0.29) is 5.91 Å². The number of anilines is 1. The molecule has 0 spiro atoms. The summed E-state index contributed by atoms with van der Waals surface area (Å²) in [7, 11) is 0. The number of nitrogens with one attached hydrogen (secondary N) is 1. The molecular formula is C9H13N2O+. The van der Waals surface area contributed by atoms with E-state index in [1.165, 1.54) is 6.92 Å². The van der Waals surface area contributed by atoms with Gasteiger partial charge in [-0.1, -0.05) is 0 Å². The Morgan fingerprint density at radius 2 is 2.08 bits per heavy atom. The number of aryl methyl sites for hydroxylation is 1. The number of hydrogen-bond donors (Lipinski definition) is 1. The van der Waals surface area contributed by atoms with Gasteiger partial charge in [0.2, 0.25) is 5.91 Å². The van der Waals surface area contributed by atoms with Crippen molar-refractivity contribution in [3.05, 3.63) is 24.5 Å². The van der Waals surface area contributed by atoms with Gasteiger partial charge in [0, 0.05) is 19.1 Å². The van der Waals surface area contributed by atoms with Gasteiger partial charge in [-0.15, -0.1) is 0 Å². The van der Waals surface area contributed by atoms with E-state index in [0.29, 0.717) is 0 Å². The van der Waals surface area contributed by atoms with Gasteiger partial charge >= 0.3 is 0 Å². The van der Waals surface area contributed by atoms with E-state index >= 15 is 0 Å². The van der Waals surface area contributed by atoms with Crippen LogP contribution in [0.15, 0.2) is 24.5 Å². The summed E-state index contributed by atoms with van der Waals surface area (Å²) in [5, 5.41) is 2.70. The predicted molar refractivity (Wildman–Crippen MR) is 46.6 cm³/mol. The molecule has 1 aromatic rings. The molecule has 0 bridgehead atoms. The highest BCUT2D eigenvalue weighted by Gasteiger charge is 1.98. The lowest BCUT2D eigenvalue weighted by molar-refractivity contribution is -0.693. The summed E-state index contributed by atoms with van der Waals surface area (Å²) in [6, 6.07) is 3.76. The fourth-order valence-electron chi connectivity index (χ4n) is 0.955. The first-order chi connectivity index (χ1) is 5.72. The van der Waals surface area contributed by atoms with Gasteiger partial charge in [-0.2, -0.15) is 0 Å². The molecule has 1 N–H and O–H groups in total. The molecule has 12 heavy (non-hydrogen) atoms. The SMILES string of the molecule is CC[n+]1ccc(NC(C)=O)cc1. The van der Waals surface area contributed by atoms with Crippen LogP contribution in [-0.4, -0.2) is 5.91 Å². The number of rotatable bonds is 2. The Bertz CT molecular complexity index is 266. The first-order valence-corrected chi connectivity index (χ1v) is 3.99. The Kier molecular flexibility index (Phi) is 2.80. The molecule has 0 saturated carbocycles. The second-order valence-electron chi connectivity index (χ2n) is 2.60. The summed E-state index contributed by atoms with van der Waals surface area (Å²) < 4.78 is 2.03. The minimum absolute atomic E-state index is 0.0377. The van der Waals surface area contributed by atoms with E-state index in [9.17, 15) is 4.79 Å². The molecule has 0 aromatic carbocycles. The average Bonchev–Trinajstić information content (AvgIpc) is 2.05. The largest absolute Gasteiger partial charge is 0.326 e. The molecule has 0 aliphatic carbocycles. The molecule has 0 fully saturated rings. The zero-order chi connectivity index (χ0) is 8.97. The van der Waals surface area contributed by atoms with Crippen LogP contribution in [0, 0.1) is 0 Å². The first-order valence-electron chi connectivity index (χ1n) is 3.99. The van der Waals surface area contributed by atoms with Crippen molar-refractivity contribution >= 4 is 11.6 Å². The molecule has 0 saturated heterocycles. The van der Waals surface area contributed by atoms with E-state index in [1.807, 2.05) is 29.1 Å². The van der Waals surface area contributed by atoms with Crippen LogP contribution < -0.4 is 9.88 Å². The summed E-state index contributed by atoms with van der Waals surface area (Å²) in [5.41, 5.74) is 0.840. The standard InChI is InChI=1S/C9H12N2O/c1-3-11-6-4-9(5-7-11)10-8(2)12/h4-7H,3H2,1-2H3/p+1. The highest BCUT2D eigenvalue weighted by Crippen LogP contribution is 2.01. The van der Waals surface area contributed by atoms with E-state index in [1.54, 1.807) is 0 Å². The summed E-state index contributed by atoms with van der Waals surface area (Å²) >= 11 is 0. The monoisotopic (exact) mass is 165 g/mol. The Hall–Kier alpha value is -1.38. The van der Waals surface area contributed by atoms with E-state index < -0.39 is 0 Å². The van der Waals surface area contributed by atoms with Crippen molar-refractivity contribution in [3.8, 4) is 0 Å². The molecule has 64 valence electrons. The maximum atomic E-state index is 10.6. The van der Waals surface area contributed by atoms with Gasteiger partial charge in [0.15, 0.2) is 12.4 Å². The molecule has 0 radical (unpaired) electrons. The quantitative estimate of drug-likeness (QED) is 0.650. The van der Waals surface area contributed by atoms with Crippen molar-refractivity contribution in [2.45, 2.75) is 20.4 Å². The van der Waals surface area contributed by atoms with Gasteiger partial charge in [0.25, 0.3) is 0 Å². The van der Waals surface area contributed by atoms with Gasteiger partial charge in [0.1, 0.15) is 6.54 Å². The number of carbonyl (C=O) groups excluding carboxylic acids is 1. The molecular weight excluding hydrogens is 152 g/mol. The zero-order valence-electron chi connectivity index (χ0n) is 7.37. The van der Waals surface area contributed by atoms with Crippen molar-refractivity contribution in [2.75, 3.05) is 5.32 Å². The van der Waals surface area contributed by atoms with Crippen LogP contribution in [0.3, 0.4) is 0 Å². The maximum Gasteiger partial charge on any atom is 0.221 e. The fourth-order valence-corrected chi connectivity index (χ4v) is 0.955. The van der Waals surface area contributed by atoms with Crippen molar-refractivity contribution in [2.24, 2.45) is 0 Å². The maximum absolute atomic E-state index is 10.6. The minimum Gasteiger partial charge on any atom is -0.326 e. The average molecular weight is 165 g/mol. The number of hydrogen-bond acceptors (Lipinski definition) is 1. The van der Waals surface area contributed by atoms with Crippen LogP contribution >= 0.6 is 0 Å². The van der Waals surface area contributed by atoms with Gasteiger partial charge < -0.3 is 5.32 Å². The van der Waals surface area contributed by atoms with Crippen LogP contribution in [0.2, 0.25) is 0 Å². The lowest BCUT2D eigenvalue weighted by Gasteiger charge is -1.98. The molecule has 3 nitrogen and oxygen atoms in total. The zero-order valence-corrected chi connectivity index (χ0v) is 7.37. The Labute approximate surface area is 72.0 Å². The van der Waals surface area contributed by atoms with Crippen molar-refractivity contribution in [1.29, 1.82) is 0 Å². The second kappa shape index (κ2) is 3.85. The van der Waals surface area contributed by atoms with Crippen LogP contribution in [0.4, 0.5) is 5.69 Å². The Balaban J connectivity index is 2.71. The molecule has 1 rings (SSSR count). The molecule has 3 heteroatoms. The normalized spacial score (nSPS) is 9.50. The Morgan fingerprint density at radius 1 is 1.50 bits per heavy atom. The summed E-state index contributed by atoms with van der Waals surface area (Å²) in [5.74, 6) is -0.0377. The summed E-state index contributed by atoms with van der Waals surface area (Å²) in [6.45, 7) is 4.51. The van der Waals surface area contributed by atoms with Crippen LogP contribution in [-0.2, 0) is 11.3 Å². The van der Waals surface area contributed by atoms with Crippen molar-refractivity contribution < 1.29 is 9.36 Å². The minimum atomic E-state index is -0.0377. The van der Waals surface area contributed by atoms with E-state index in [4.69, 9.17) is 0 Å². The van der Waals surface area contributed by atoms with Crippen LogP contribution in [0.1, 0.15) is 13.8 Å². The smallest absolute Gasteiger partial charge is 0.221 e. The van der Waals surface area contributed by atoms with E-state index in [2.05, 4.69) is 12.2 Å². The van der Waals surface area contributed by atoms with E-state index in [0.717, 1.165) is 12.2 Å². The van der Waals surface area contributed by atoms with Gasteiger partial charge in [-0.05, 0) is 6.92 Å². The van der Waals surface area contributed by atoms with Crippen LogP contribution in [0.25, 0.3) is 0 Å². The molecule has 1 amide bonds. The number of nitrogens with zero attached hydrogens (tertiary/aromatic N) is 1. The number of aromatic nitrogens is 1. The summed E-state index contributed by atoms with van der Waals surface area (Å²) in [4.78, 5) is 10.6. The van der Waals surface area contributed by atoms with Crippen molar-refractivity contribution in [3.63, 3.8) is 0 Å². The molecule has 0 unspecified atom stereocenters. The lowest BCUT2D eigenvalue weighted by Crippen LogP contribution is -2.30. The molecule has 0 aliphatic rings. The molecule has 0 aliphatic heterocycles. The Morgan fingerprint density at radius 3 is 2.50 bits per heavy atom. The third-order valence-electron chi connectivity index (χ3n) is 1.58. The fraction of sp³-hybridized carbons (Fsp3) is 0.333. The van der Waals surface area contributed by atoms with Gasteiger partial charge in [0.05, 0.1) is 5.69 Å². The molecule has 1 aromatic heterocycles. The highest BCUT2D eigenvalue weighted by atomic mass is 16.1. The second-order valence-corrected chi connectivity index (χ2v) is 2.60. The number of pyridine rings is 1.